The third kappa shape index (κ3) is 6.88. The third-order valence-corrected chi connectivity index (χ3v) is 2.11. The molecule has 0 aliphatic rings. The number of unbranched alkanes of at least 4 members (excludes halogenated alkanes) is 2. The lowest BCUT2D eigenvalue weighted by atomic mass is 10.2. The van der Waals surface area contributed by atoms with Crippen LogP contribution in [0.15, 0.2) is 10.2 Å². The summed E-state index contributed by atoms with van der Waals surface area (Å²) >= 11 is 2.17. The van der Waals surface area contributed by atoms with Gasteiger partial charge in [-0.1, -0.05) is 28.7 Å². The standard InChI is InChI=1S/C9H15IN2O2/c1-11-8(13)9(14)12-7-5-3-2-4-6-10/h4,6H,2-3,5,7H2,1H3,(H,11,13)(H,12,14). The van der Waals surface area contributed by atoms with Gasteiger partial charge in [0.05, 0.1) is 0 Å². The first-order chi connectivity index (χ1) is 6.72. The molecule has 0 heterocycles. The monoisotopic (exact) mass is 310 g/mol. The van der Waals surface area contributed by atoms with Gasteiger partial charge >= 0.3 is 11.8 Å². The Bertz CT molecular complexity index is 217. The van der Waals surface area contributed by atoms with E-state index < -0.39 is 11.8 Å². The van der Waals surface area contributed by atoms with E-state index in [0.717, 1.165) is 19.3 Å². The van der Waals surface area contributed by atoms with Crippen molar-refractivity contribution >= 4 is 34.4 Å². The summed E-state index contributed by atoms with van der Waals surface area (Å²) < 4.78 is 1.97. The van der Waals surface area contributed by atoms with Crippen LogP contribution in [0.5, 0.6) is 0 Å². The number of amides is 2. The van der Waals surface area contributed by atoms with Crippen LogP contribution in [0.4, 0.5) is 0 Å². The van der Waals surface area contributed by atoms with Gasteiger partial charge in [0, 0.05) is 13.6 Å². The Morgan fingerprint density at radius 3 is 2.57 bits per heavy atom. The predicted molar refractivity (Wildman–Crippen MR) is 64.1 cm³/mol. The SMILES string of the molecule is CNC(=O)C(=O)NCCCCC=CI. The van der Waals surface area contributed by atoms with E-state index in [1.54, 1.807) is 0 Å². The molecular formula is C9H15IN2O2. The topological polar surface area (TPSA) is 58.2 Å². The molecular weight excluding hydrogens is 295 g/mol. The second kappa shape index (κ2) is 8.98. The number of nitrogens with one attached hydrogen (secondary N) is 2. The molecule has 5 heteroatoms. The molecule has 80 valence electrons. The number of carbonyl (C=O) groups is 2. The number of hydrogen-bond acceptors (Lipinski definition) is 2. The fourth-order valence-electron chi connectivity index (χ4n) is 0.846. The molecule has 14 heavy (non-hydrogen) atoms. The van der Waals surface area contributed by atoms with Gasteiger partial charge in [0.1, 0.15) is 0 Å². The van der Waals surface area contributed by atoms with E-state index in [-0.39, 0.29) is 0 Å². The maximum absolute atomic E-state index is 10.9. The summed E-state index contributed by atoms with van der Waals surface area (Å²) in [5, 5.41) is 4.80. The molecule has 0 bridgehead atoms. The van der Waals surface area contributed by atoms with Gasteiger partial charge in [-0.05, 0) is 23.3 Å². The molecule has 0 saturated carbocycles. The molecule has 2 N–H and O–H groups in total. The Morgan fingerprint density at radius 2 is 2.00 bits per heavy atom. The van der Waals surface area contributed by atoms with Crippen LogP contribution in [0.25, 0.3) is 0 Å². The molecule has 0 saturated heterocycles. The summed E-state index contributed by atoms with van der Waals surface area (Å²) in [6.07, 6.45) is 5.00. The van der Waals surface area contributed by atoms with Gasteiger partial charge in [-0.2, -0.15) is 0 Å². The van der Waals surface area contributed by atoms with E-state index in [1.165, 1.54) is 7.05 Å². The number of likely N-dealkylation sites (N-methyl/N-ethyl adjacent to an activating group) is 1. The zero-order chi connectivity index (χ0) is 10.8. The van der Waals surface area contributed by atoms with Gasteiger partial charge in [0.25, 0.3) is 0 Å². The first kappa shape index (κ1) is 13.4. The largest absolute Gasteiger partial charge is 0.351 e. The van der Waals surface area contributed by atoms with Crippen molar-refractivity contribution in [1.82, 2.24) is 10.6 Å². The minimum Gasteiger partial charge on any atom is -0.351 e. The fraction of sp³-hybridized carbons (Fsp3) is 0.556. The van der Waals surface area contributed by atoms with Crippen LogP contribution < -0.4 is 10.6 Å². The Labute approximate surface area is 97.7 Å². The van der Waals surface area contributed by atoms with E-state index in [1.807, 2.05) is 4.08 Å². The Kier molecular flexibility index (Phi) is 8.61. The molecule has 0 aromatic carbocycles. The van der Waals surface area contributed by atoms with E-state index in [2.05, 4.69) is 39.3 Å². The Balaban J connectivity index is 3.36. The molecule has 0 aromatic heterocycles. The van der Waals surface area contributed by atoms with Crippen molar-refractivity contribution < 1.29 is 9.59 Å². The molecule has 0 fully saturated rings. The lowest BCUT2D eigenvalue weighted by Crippen LogP contribution is -2.38. The second-order valence-electron chi connectivity index (χ2n) is 2.69. The summed E-state index contributed by atoms with van der Waals surface area (Å²) in [6, 6.07) is 0. The van der Waals surface area contributed by atoms with Crippen molar-refractivity contribution in [3.8, 4) is 0 Å². The highest BCUT2D eigenvalue weighted by Crippen LogP contribution is 1.97. The summed E-state index contributed by atoms with van der Waals surface area (Å²) in [5.74, 6) is -1.14. The van der Waals surface area contributed by atoms with Gasteiger partial charge in [-0.3, -0.25) is 9.59 Å². The molecule has 0 aromatic rings. The Hall–Kier alpha value is -0.590. The number of allylic oxidation sites excluding steroid dienone is 1. The molecule has 0 rings (SSSR count). The number of carbonyl (C=O) groups excluding carboxylic acids is 2. The maximum Gasteiger partial charge on any atom is 0.309 e. The van der Waals surface area contributed by atoms with Gasteiger partial charge in [0.15, 0.2) is 0 Å². The van der Waals surface area contributed by atoms with Crippen molar-refractivity contribution in [1.29, 1.82) is 0 Å². The molecule has 0 unspecified atom stereocenters. The highest BCUT2D eigenvalue weighted by molar-refractivity contribution is 14.1. The smallest absolute Gasteiger partial charge is 0.309 e. The van der Waals surface area contributed by atoms with Crippen LogP contribution in [0.3, 0.4) is 0 Å². The second-order valence-corrected chi connectivity index (χ2v) is 3.41. The van der Waals surface area contributed by atoms with Crippen molar-refractivity contribution in [2.45, 2.75) is 19.3 Å². The van der Waals surface area contributed by atoms with Crippen molar-refractivity contribution in [2.75, 3.05) is 13.6 Å². The zero-order valence-electron chi connectivity index (χ0n) is 8.18. The molecule has 0 aliphatic heterocycles. The van der Waals surface area contributed by atoms with E-state index in [0.29, 0.717) is 6.54 Å². The number of rotatable bonds is 5. The maximum atomic E-state index is 10.9. The Morgan fingerprint density at radius 1 is 1.29 bits per heavy atom. The van der Waals surface area contributed by atoms with Crippen molar-refractivity contribution in [3.05, 3.63) is 10.2 Å². The first-order valence-corrected chi connectivity index (χ1v) is 5.72. The summed E-state index contributed by atoms with van der Waals surface area (Å²) in [6.45, 7) is 0.557. The lowest BCUT2D eigenvalue weighted by Gasteiger charge is -2.02. The summed E-state index contributed by atoms with van der Waals surface area (Å²) in [4.78, 5) is 21.7. The van der Waals surface area contributed by atoms with Crippen LogP contribution in [-0.4, -0.2) is 25.4 Å². The van der Waals surface area contributed by atoms with Gasteiger partial charge in [0.2, 0.25) is 0 Å². The third-order valence-electron chi connectivity index (χ3n) is 1.61. The summed E-state index contributed by atoms with van der Waals surface area (Å²) in [7, 11) is 1.44. The fourth-order valence-corrected chi connectivity index (χ4v) is 1.21. The molecule has 4 nitrogen and oxygen atoms in total. The highest BCUT2D eigenvalue weighted by atomic mass is 127. The molecule has 0 radical (unpaired) electrons. The van der Waals surface area contributed by atoms with Gasteiger partial charge < -0.3 is 10.6 Å². The van der Waals surface area contributed by atoms with E-state index in [9.17, 15) is 9.59 Å². The van der Waals surface area contributed by atoms with Crippen LogP contribution in [-0.2, 0) is 9.59 Å². The van der Waals surface area contributed by atoms with Crippen LogP contribution >= 0.6 is 22.6 Å². The lowest BCUT2D eigenvalue weighted by molar-refractivity contribution is -0.138. The van der Waals surface area contributed by atoms with Crippen molar-refractivity contribution in [2.24, 2.45) is 0 Å². The van der Waals surface area contributed by atoms with Crippen LogP contribution in [0, 0.1) is 0 Å². The average Bonchev–Trinajstić information content (AvgIpc) is 2.21. The first-order valence-electron chi connectivity index (χ1n) is 4.47. The van der Waals surface area contributed by atoms with E-state index >= 15 is 0 Å². The number of halogens is 1. The quantitative estimate of drug-likeness (QED) is 0.452. The molecule has 0 aliphatic carbocycles. The minimum atomic E-state index is -0.586. The minimum absolute atomic E-state index is 0.557. The normalized spacial score (nSPS) is 10.1. The summed E-state index contributed by atoms with van der Waals surface area (Å²) in [5.41, 5.74) is 0. The van der Waals surface area contributed by atoms with E-state index in [4.69, 9.17) is 0 Å². The molecule has 0 atom stereocenters. The van der Waals surface area contributed by atoms with Crippen molar-refractivity contribution in [3.63, 3.8) is 0 Å². The number of hydrogen-bond donors (Lipinski definition) is 2. The highest BCUT2D eigenvalue weighted by Gasteiger charge is 2.08. The van der Waals surface area contributed by atoms with Crippen LogP contribution in [0.2, 0.25) is 0 Å². The molecule has 0 spiro atoms. The zero-order valence-corrected chi connectivity index (χ0v) is 10.3. The predicted octanol–water partition coefficient (Wildman–Crippen LogP) is 0.968. The van der Waals surface area contributed by atoms with Gasteiger partial charge in [-0.25, -0.2) is 0 Å². The molecule has 2 amide bonds. The van der Waals surface area contributed by atoms with Crippen LogP contribution in [0.1, 0.15) is 19.3 Å². The average molecular weight is 310 g/mol. The van der Waals surface area contributed by atoms with Gasteiger partial charge in [-0.15, -0.1) is 0 Å².